The molecule has 0 saturated heterocycles. The predicted octanol–water partition coefficient (Wildman–Crippen LogP) is 0.480. The summed E-state index contributed by atoms with van der Waals surface area (Å²) in [5.41, 5.74) is -0.270. The number of ether oxygens (including phenoxy) is 1. The Morgan fingerprint density at radius 2 is 2.42 bits per heavy atom. The van der Waals surface area contributed by atoms with Gasteiger partial charge >= 0.3 is 5.97 Å². The highest BCUT2D eigenvalue weighted by Crippen LogP contribution is 2.33. The topological polar surface area (TPSA) is 93.5 Å². The van der Waals surface area contributed by atoms with Crippen molar-refractivity contribution in [1.82, 2.24) is 9.55 Å². The number of carboxylic acids is 1. The van der Waals surface area contributed by atoms with Crippen LogP contribution in [0.1, 0.15) is 25.3 Å². The van der Waals surface area contributed by atoms with Gasteiger partial charge < -0.3 is 19.7 Å². The number of nitrogens with zero attached hydrogens (tertiary/aromatic N) is 2. The summed E-state index contributed by atoms with van der Waals surface area (Å²) >= 11 is 0. The number of carbonyl (C=O) groups is 1. The van der Waals surface area contributed by atoms with Gasteiger partial charge in [-0.1, -0.05) is 0 Å². The van der Waals surface area contributed by atoms with E-state index >= 15 is 0 Å². The van der Waals surface area contributed by atoms with E-state index < -0.39 is 12.0 Å². The van der Waals surface area contributed by atoms with Crippen molar-refractivity contribution in [3.8, 4) is 0 Å². The lowest BCUT2D eigenvalue weighted by molar-refractivity contribution is -0.138. The fourth-order valence-corrected chi connectivity index (χ4v) is 1.82. The smallest absolute Gasteiger partial charge is 0.326 e. The zero-order chi connectivity index (χ0) is 13.8. The normalized spacial score (nSPS) is 16.1. The van der Waals surface area contributed by atoms with E-state index in [-0.39, 0.29) is 23.8 Å². The summed E-state index contributed by atoms with van der Waals surface area (Å²) in [4.78, 5) is 27.1. The molecule has 104 valence electrons. The Hall–Kier alpha value is -1.89. The molecule has 0 bridgehead atoms. The van der Waals surface area contributed by atoms with Gasteiger partial charge in [-0.15, -0.1) is 0 Å². The molecule has 2 N–H and O–H groups in total. The van der Waals surface area contributed by atoms with Crippen LogP contribution in [0.3, 0.4) is 0 Å². The van der Waals surface area contributed by atoms with Crippen LogP contribution in [-0.2, 0) is 9.53 Å². The Morgan fingerprint density at radius 3 is 3.00 bits per heavy atom. The third kappa shape index (κ3) is 3.31. The number of rotatable bonds is 7. The number of hydrogen-bond donors (Lipinski definition) is 2. The van der Waals surface area contributed by atoms with Crippen LogP contribution in [0.5, 0.6) is 0 Å². The van der Waals surface area contributed by atoms with Crippen molar-refractivity contribution < 1.29 is 14.6 Å². The summed E-state index contributed by atoms with van der Waals surface area (Å²) < 4.78 is 6.46. The van der Waals surface area contributed by atoms with Gasteiger partial charge in [0.05, 0.1) is 0 Å². The molecule has 0 amide bonds. The molecule has 1 heterocycles. The fourth-order valence-electron chi connectivity index (χ4n) is 1.82. The van der Waals surface area contributed by atoms with Crippen molar-refractivity contribution in [2.24, 2.45) is 0 Å². The maximum atomic E-state index is 12.1. The number of anilines is 1. The van der Waals surface area contributed by atoms with Crippen LogP contribution in [0.15, 0.2) is 17.2 Å². The highest BCUT2D eigenvalue weighted by Gasteiger charge is 2.26. The zero-order valence-corrected chi connectivity index (χ0v) is 10.7. The van der Waals surface area contributed by atoms with Gasteiger partial charge in [-0.2, -0.15) is 0 Å². The molecule has 1 fully saturated rings. The third-order valence-electron chi connectivity index (χ3n) is 3.03. The summed E-state index contributed by atoms with van der Waals surface area (Å²) in [7, 11) is 1.50. The fraction of sp³-hybridized carbons (Fsp3) is 0.583. The number of aliphatic carboxylic acids is 1. The summed E-state index contributed by atoms with van der Waals surface area (Å²) in [5.74, 6) is -0.946. The van der Waals surface area contributed by atoms with Gasteiger partial charge in [0.25, 0.3) is 5.56 Å². The van der Waals surface area contributed by atoms with Crippen LogP contribution in [-0.4, -0.2) is 40.4 Å². The minimum Gasteiger partial charge on any atom is -0.480 e. The van der Waals surface area contributed by atoms with Gasteiger partial charge in [0.2, 0.25) is 0 Å². The second kappa shape index (κ2) is 5.83. The molecule has 0 spiro atoms. The van der Waals surface area contributed by atoms with E-state index in [1.165, 1.54) is 13.3 Å². The average molecular weight is 267 g/mol. The van der Waals surface area contributed by atoms with Crippen LogP contribution in [0.2, 0.25) is 0 Å². The SMILES string of the molecule is COCCC(Nc1nccn(C2CC2)c1=O)C(=O)O. The Morgan fingerprint density at radius 1 is 1.68 bits per heavy atom. The first kappa shape index (κ1) is 13.5. The Bertz CT molecular complexity index is 510. The molecule has 1 atom stereocenters. The number of nitrogens with one attached hydrogen (secondary N) is 1. The molecule has 1 aromatic heterocycles. The van der Waals surface area contributed by atoms with E-state index in [1.807, 2.05) is 0 Å². The molecule has 0 aromatic carbocycles. The summed E-state index contributed by atoms with van der Waals surface area (Å²) in [6, 6.07) is -0.645. The molecular weight excluding hydrogens is 250 g/mol. The first-order valence-corrected chi connectivity index (χ1v) is 6.19. The Labute approximate surface area is 110 Å². The molecular formula is C12H17N3O4. The Balaban J connectivity index is 2.14. The van der Waals surface area contributed by atoms with Crippen molar-refractivity contribution >= 4 is 11.8 Å². The zero-order valence-electron chi connectivity index (χ0n) is 10.7. The second-order valence-electron chi connectivity index (χ2n) is 4.54. The Kier molecular flexibility index (Phi) is 4.16. The molecule has 2 rings (SSSR count). The minimum atomic E-state index is -1.03. The molecule has 0 aliphatic heterocycles. The van der Waals surface area contributed by atoms with Crippen molar-refractivity contribution in [1.29, 1.82) is 0 Å². The van der Waals surface area contributed by atoms with Crippen molar-refractivity contribution in [2.45, 2.75) is 31.3 Å². The highest BCUT2D eigenvalue weighted by atomic mass is 16.5. The van der Waals surface area contributed by atoms with E-state index in [1.54, 1.807) is 10.8 Å². The maximum absolute atomic E-state index is 12.1. The van der Waals surface area contributed by atoms with Gasteiger partial charge in [-0.3, -0.25) is 4.79 Å². The van der Waals surface area contributed by atoms with E-state index in [9.17, 15) is 9.59 Å². The van der Waals surface area contributed by atoms with Gasteiger partial charge in [-0.05, 0) is 12.8 Å². The predicted molar refractivity (Wildman–Crippen MR) is 68.3 cm³/mol. The van der Waals surface area contributed by atoms with Crippen LogP contribution < -0.4 is 10.9 Å². The summed E-state index contributed by atoms with van der Waals surface area (Å²) in [6.07, 6.45) is 5.38. The lowest BCUT2D eigenvalue weighted by Gasteiger charge is -2.14. The monoisotopic (exact) mass is 267 g/mol. The molecule has 1 aliphatic rings. The standard InChI is InChI=1S/C12H17N3O4/c1-19-7-4-9(12(17)18)14-10-11(16)15(6-5-13-10)8-2-3-8/h5-6,8-9H,2-4,7H2,1H3,(H,13,14)(H,17,18). The third-order valence-corrected chi connectivity index (χ3v) is 3.03. The first-order chi connectivity index (χ1) is 9.13. The van der Waals surface area contributed by atoms with Gasteiger partial charge in [-0.25, -0.2) is 9.78 Å². The number of hydrogen-bond acceptors (Lipinski definition) is 5. The molecule has 7 nitrogen and oxygen atoms in total. The molecule has 7 heteroatoms. The number of aromatic nitrogens is 2. The van der Waals surface area contributed by atoms with E-state index in [4.69, 9.17) is 9.84 Å². The molecule has 19 heavy (non-hydrogen) atoms. The van der Waals surface area contributed by atoms with Crippen molar-refractivity contribution in [3.63, 3.8) is 0 Å². The molecule has 1 aromatic rings. The summed E-state index contributed by atoms with van der Waals surface area (Å²) in [5, 5.41) is 11.8. The number of carboxylic acid groups (broad SMARTS) is 1. The number of methoxy groups -OCH3 is 1. The maximum Gasteiger partial charge on any atom is 0.326 e. The minimum absolute atomic E-state index is 0.0814. The van der Waals surface area contributed by atoms with Crippen LogP contribution in [0, 0.1) is 0 Å². The van der Waals surface area contributed by atoms with E-state index in [0.717, 1.165) is 12.8 Å². The van der Waals surface area contributed by atoms with Gasteiger partial charge in [0.15, 0.2) is 5.82 Å². The lowest BCUT2D eigenvalue weighted by atomic mass is 10.2. The van der Waals surface area contributed by atoms with Crippen LogP contribution >= 0.6 is 0 Å². The van der Waals surface area contributed by atoms with Crippen molar-refractivity contribution in [2.75, 3.05) is 19.0 Å². The van der Waals surface area contributed by atoms with E-state index in [0.29, 0.717) is 6.61 Å². The van der Waals surface area contributed by atoms with Crippen LogP contribution in [0.25, 0.3) is 0 Å². The second-order valence-corrected chi connectivity index (χ2v) is 4.54. The largest absolute Gasteiger partial charge is 0.480 e. The van der Waals surface area contributed by atoms with Crippen molar-refractivity contribution in [3.05, 3.63) is 22.7 Å². The average Bonchev–Trinajstić information content (AvgIpc) is 3.20. The van der Waals surface area contributed by atoms with Gasteiger partial charge in [0.1, 0.15) is 6.04 Å². The van der Waals surface area contributed by atoms with E-state index in [2.05, 4.69) is 10.3 Å². The molecule has 0 radical (unpaired) electrons. The lowest BCUT2D eigenvalue weighted by Crippen LogP contribution is -2.35. The van der Waals surface area contributed by atoms with Gasteiger partial charge in [0, 0.05) is 38.6 Å². The summed E-state index contributed by atoms with van der Waals surface area (Å²) in [6.45, 7) is 0.299. The molecule has 1 unspecified atom stereocenters. The first-order valence-electron chi connectivity index (χ1n) is 6.19. The highest BCUT2D eigenvalue weighted by molar-refractivity contribution is 5.76. The molecule has 1 aliphatic carbocycles. The molecule has 1 saturated carbocycles. The van der Waals surface area contributed by atoms with Crippen LogP contribution in [0.4, 0.5) is 5.82 Å². The quantitative estimate of drug-likeness (QED) is 0.746.